The molecule has 1 heterocycles. The van der Waals surface area contributed by atoms with Crippen LogP contribution < -0.4 is 10.5 Å². The first kappa shape index (κ1) is 8.85. The van der Waals surface area contributed by atoms with E-state index < -0.39 is 0 Å². The van der Waals surface area contributed by atoms with Crippen molar-refractivity contribution in [1.82, 2.24) is 0 Å². The van der Waals surface area contributed by atoms with Crippen molar-refractivity contribution in [3.8, 4) is 5.75 Å². The van der Waals surface area contributed by atoms with Crippen molar-refractivity contribution in [2.75, 3.05) is 6.61 Å². The molecule has 3 heteroatoms. The fourth-order valence-corrected chi connectivity index (χ4v) is 1.71. The van der Waals surface area contributed by atoms with Gasteiger partial charge < -0.3 is 10.5 Å². The van der Waals surface area contributed by atoms with Gasteiger partial charge in [-0.1, -0.05) is 11.6 Å². The van der Waals surface area contributed by atoms with Crippen LogP contribution in [0.2, 0.25) is 5.02 Å². The Balaban J connectivity index is 2.52. The lowest BCUT2D eigenvalue weighted by molar-refractivity contribution is 0.269. The van der Waals surface area contributed by atoms with Gasteiger partial charge in [0.25, 0.3) is 0 Å². The molecular formula is C10H12ClNO. The van der Waals surface area contributed by atoms with Crippen LogP contribution in [0.25, 0.3) is 0 Å². The number of halogens is 1. The lowest BCUT2D eigenvalue weighted by Gasteiger charge is -2.23. The van der Waals surface area contributed by atoms with Crippen LogP contribution in [0.1, 0.15) is 23.6 Å². The highest BCUT2D eigenvalue weighted by Gasteiger charge is 2.18. The Hall–Kier alpha value is -0.730. The van der Waals surface area contributed by atoms with Gasteiger partial charge in [-0.3, -0.25) is 0 Å². The van der Waals surface area contributed by atoms with Gasteiger partial charge in [0, 0.05) is 23.0 Å². The van der Waals surface area contributed by atoms with Crippen molar-refractivity contribution >= 4 is 11.6 Å². The first-order valence-electron chi connectivity index (χ1n) is 4.37. The maximum absolute atomic E-state index is 5.97. The Morgan fingerprint density at radius 2 is 2.31 bits per heavy atom. The molecule has 2 rings (SSSR count). The number of nitrogens with two attached hydrogens (primary N) is 1. The highest BCUT2D eigenvalue weighted by molar-refractivity contribution is 6.31. The van der Waals surface area contributed by atoms with E-state index in [0.29, 0.717) is 6.61 Å². The summed E-state index contributed by atoms with van der Waals surface area (Å²) in [6.07, 6.45) is 0.883. The SMILES string of the molecule is Cc1cc2c(cc1Cl)OCC[C@@H]2N. The molecule has 1 atom stereocenters. The molecule has 1 aromatic rings. The standard InChI is InChI=1S/C10H12ClNO/c1-6-4-7-9(12)2-3-13-10(7)5-8(6)11/h4-5,9H,2-3,12H2,1H3/t9-/m0/s1. The van der Waals surface area contributed by atoms with Crippen LogP contribution in [0.4, 0.5) is 0 Å². The summed E-state index contributed by atoms with van der Waals surface area (Å²) in [4.78, 5) is 0. The summed E-state index contributed by atoms with van der Waals surface area (Å²) in [5.74, 6) is 0.842. The van der Waals surface area contributed by atoms with Gasteiger partial charge in [0.15, 0.2) is 0 Å². The third-order valence-corrected chi connectivity index (χ3v) is 2.78. The molecule has 1 aliphatic rings. The number of aryl methyl sites for hydroxylation is 1. The predicted octanol–water partition coefficient (Wildman–Crippen LogP) is 2.43. The van der Waals surface area contributed by atoms with E-state index >= 15 is 0 Å². The smallest absolute Gasteiger partial charge is 0.125 e. The molecule has 2 N–H and O–H groups in total. The van der Waals surface area contributed by atoms with Crippen molar-refractivity contribution in [2.45, 2.75) is 19.4 Å². The van der Waals surface area contributed by atoms with Crippen molar-refractivity contribution < 1.29 is 4.74 Å². The molecular weight excluding hydrogens is 186 g/mol. The zero-order valence-corrected chi connectivity index (χ0v) is 8.27. The van der Waals surface area contributed by atoms with Crippen LogP contribution in [0.15, 0.2) is 12.1 Å². The summed E-state index contributed by atoms with van der Waals surface area (Å²) < 4.78 is 5.47. The van der Waals surface area contributed by atoms with Crippen molar-refractivity contribution in [3.63, 3.8) is 0 Å². The van der Waals surface area contributed by atoms with Gasteiger partial charge in [0.05, 0.1) is 6.61 Å². The van der Waals surface area contributed by atoms with Gasteiger partial charge in [-0.15, -0.1) is 0 Å². The van der Waals surface area contributed by atoms with Crippen LogP contribution in [-0.2, 0) is 0 Å². The summed E-state index contributed by atoms with van der Waals surface area (Å²) in [5.41, 5.74) is 8.08. The summed E-state index contributed by atoms with van der Waals surface area (Å²) in [5, 5.41) is 0.743. The average molecular weight is 198 g/mol. The van der Waals surface area contributed by atoms with E-state index in [2.05, 4.69) is 0 Å². The highest BCUT2D eigenvalue weighted by Crippen LogP contribution is 2.34. The van der Waals surface area contributed by atoms with Gasteiger partial charge in [-0.25, -0.2) is 0 Å². The minimum absolute atomic E-state index is 0.0970. The molecule has 2 nitrogen and oxygen atoms in total. The number of rotatable bonds is 0. The van der Waals surface area contributed by atoms with Gasteiger partial charge in [0.2, 0.25) is 0 Å². The Bertz CT molecular complexity index is 338. The summed E-state index contributed by atoms with van der Waals surface area (Å²) in [7, 11) is 0. The Kier molecular flexibility index (Phi) is 2.18. The van der Waals surface area contributed by atoms with Crippen LogP contribution in [0, 0.1) is 6.92 Å². The quantitative estimate of drug-likeness (QED) is 0.694. The molecule has 0 unspecified atom stereocenters. The fourth-order valence-electron chi connectivity index (χ4n) is 1.55. The number of hydrogen-bond acceptors (Lipinski definition) is 2. The minimum atomic E-state index is 0.0970. The fraction of sp³-hybridized carbons (Fsp3) is 0.400. The van der Waals surface area contributed by atoms with E-state index in [0.717, 1.165) is 28.3 Å². The minimum Gasteiger partial charge on any atom is -0.493 e. The van der Waals surface area contributed by atoms with Crippen molar-refractivity contribution in [1.29, 1.82) is 0 Å². The highest BCUT2D eigenvalue weighted by atomic mass is 35.5. The van der Waals surface area contributed by atoms with Gasteiger partial charge >= 0.3 is 0 Å². The van der Waals surface area contributed by atoms with E-state index in [-0.39, 0.29) is 6.04 Å². The largest absolute Gasteiger partial charge is 0.493 e. The third kappa shape index (κ3) is 1.52. The predicted molar refractivity (Wildman–Crippen MR) is 53.2 cm³/mol. The third-order valence-electron chi connectivity index (χ3n) is 2.38. The zero-order valence-electron chi connectivity index (χ0n) is 7.51. The molecule has 0 radical (unpaired) electrons. The van der Waals surface area contributed by atoms with E-state index in [9.17, 15) is 0 Å². The Morgan fingerprint density at radius 3 is 3.08 bits per heavy atom. The Morgan fingerprint density at radius 1 is 1.54 bits per heavy atom. The van der Waals surface area contributed by atoms with Crippen LogP contribution >= 0.6 is 11.6 Å². The zero-order chi connectivity index (χ0) is 9.42. The number of benzene rings is 1. The molecule has 0 bridgehead atoms. The number of hydrogen-bond donors (Lipinski definition) is 1. The van der Waals surface area contributed by atoms with Gasteiger partial charge in [-0.05, 0) is 24.6 Å². The maximum atomic E-state index is 5.97. The lowest BCUT2D eigenvalue weighted by Crippen LogP contribution is -2.20. The van der Waals surface area contributed by atoms with Crippen molar-refractivity contribution in [2.24, 2.45) is 5.73 Å². The molecule has 0 fully saturated rings. The molecule has 0 saturated carbocycles. The Labute approximate surface area is 82.6 Å². The lowest BCUT2D eigenvalue weighted by atomic mass is 9.99. The van der Waals surface area contributed by atoms with Crippen molar-refractivity contribution in [3.05, 3.63) is 28.3 Å². The van der Waals surface area contributed by atoms with E-state index in [1.807, 2.05) is 19.1 Å². The number of fused-ring (bicyclic) bond motifs is 1. The topological polar surface area (TPSA) is 35.2 Å². The van der Waals surface area contributed by atoms with E-state index in [1.54, 1.807) is 0 Å². The molecule has 0 amide bonds. The van der Waals surface area contributed by atoms with Gasteiger partial charge in [0.1, 0.15) is 5.75 Å². The maximum Gasteiger partial charge on any atom is 0.125 e. The van der Waals surface area contributed by atoms with Gasteiger partial charge in [-0.2, -0.15) is 0 Å². The normalized spacial score (nSPS) is 20.7. The average Bonchev–Trinajstić information content (AvgIpc) is 2.09. The molecule has 0 spiro atoms. The van der Waals surface area contributed by atoms with E-state index in [1.165, 1.54) is 0 Å². The first-order chi connectivity index (χ1) is 6.18. The molecule has 70 valence electrons. The molecule has 1 aliphatic heterocycles. The second kappa shape index (κ2) is 3.20. The van der Waals surface area contributed by atoms with Crippen LogP contribution in [0.5, 0.6) is 5.75 Å². The van der Waals surface area contributed by atoms with E-state index in [4.69, 9.17) is 22.1 Å². The first-order valence-corrected chi connectivity index (χ1v) is 4.74. The summed E-state index contributed by atoms with van der Waals surface area (Å²) >= 11 is 5.97. The molecule has 0 aromatic heterocycles. The molecule has 0 aliphatic carbocycles. The second-order valence-electron chi connectivity index (χ2n) is 3.38. The summed E-state index contributed by atoms with van der Waals surface area (Å²) in [6.45, 7) is 2.66. The van der Waals surface area contributed by atoms with Crippen LogP contribution in [0.3, 0.4) is 0 Å². The second-order valence-corrected chi connectivity index (χ2v) is 3.79. The monoisotopic (exact) mass is 197 g/mol. The molecule has 1 aromatic carbocycles. The van der Waals surface area contributed by atoms with Crippen LogP contribution in [-0.4, -0.2) is 6.61 Å². The summed E-state index contributed by atoms with van der Waals surface area (Å²) in [6, 6.07) is 3.96. The number of ether oxygens (including phenoxy) is 1. The molecule has 0 saturated heterocycles. The molecule has 13 heavy (non-hydrogen) atoms.